The Balaban J connectivity index is 1.85. The van der Waals surface area contributed by atoms with Crippen molar-refractivity contribution in [3.05, 3.63) is 85.1 Å². The number of nitro groups is 1. The van der Waals surface area contributed by atoms with E-state index in [1.807, 2.05) is 6.92 Å². The molecule has 4 rings (SSSR count). The standard InChI is InChI=1S/C25H22N4O7S/c1-4-35-16-11-9-15(10-12-16)28-24(31)20-18(21(27-28)25(32)36-5-2)13-37-23(20)26-22(30)17-7-6-8-19(14(17)3)29(33)34/h6-13H,4-5H2,1-3H3,(H,26,30). The Morgan fingerprint density at radius 1 is 1.14 bits per heavy atom. The number of aromatic nitrogens is 2. The van der Waals surface area contributed by atoms with Gasteiger partial charge >= 0.3 is 5.97 Å². The number of thiophene rings is 1. The maximum Gasteiger partial charge on any atom is 0.359 e. The summed E-state index contributed by atoms with van der Waals surface area (Å²) in [5.74, 6) is -0.759. The topological polar surface area (TPSA) is 143 Å². The summed E-state index contributed by atoms with van der Waals surface area (Å²) in [4.78, 5) is 50.1. The zero-order chi connectivity index (χ0) is 26.7. The highest BCUT2D eigenvalue weighted by molar-refractivity contribution is 7.16. The molecule has 2 aromatic carbocycles. The van der Waals surface area contributed by atoms with Crippen LogP contribution in [0.15, 0.2) is 52.6 Å². The smallest absolute Gasteiger partial charge is 0.359 e. The third-order valence-corrected chi connectivity index (χ3v) is 6.38. The van der Waals surface area contributed by atoms with Crippen molar-refractivity contribution in [1.29, 1.82) is 0 Å². The molecule has 37 heavy (non-hydrogen) atoms. The molecule has 0 saturated heterocycles. The van der Waals surface area contributed by atoms with Gasteiger partial charge in [-0.25, -0.2) is 4.79 Å². The van der Waals surface area contributed by atoms with Crippen LogP contribution in [0.4, 0.5) is 10.7 Å². The van der Waals surface area contributed by atoms with E-state index in [1.54, 1.807) is 31.2 Å². The summed E-state index contributed by atoms with van der Waals surface area (Å²) in [6.45, 7) is 5.54. The lowest BCUT2D eigenvalue weighted by molar-refractivity contribution is -0.385. The van der Waals surface area contributed by atoms with Crippen LogP contribution in [0, 0.1) is 17.0 Å². The Morgan fingerprint density at radius 2 is 1.86 bits per heavy atom. The molecule has 11 nitrogen and oxygen atoms in total. The van der Waals surface area contributed by atoms with Crippen molar-refractivity contribution in [2.24, 2.45) is 0 Å². The fourth-order valence-corrected chi connectivity index (χ4v) is 4.69. The number of hydrogen-bond acceptors (Lipinski definition) is 9. The summed E-state index contributed by atoms with van der Waals surface area (Å²) in [6, 6.07) is 10.8. The van der Waals surface area contributed by atoms with Gasteiger partial charge in [-0.15, -0.1) is 11.3 Å². The summed E-state index contributed by atoms with van der Waals surface area (Å²) in [6.07, 6.45) is 0. The summed E-state index contributed by atoms with van der Waals surface area (Å²) in [5.41, 5.74) is -0.212. The summed E-state index contributed by atoms with van der Waals surface area (Å²) >= 11 is 1.03. The molecule has 0 unspecified atom stereocenters. The molecule has 2 heterocycles. The van der Waals surface area contributed by atoms with Crippen molar-refractivity contribution in [2.45, 2.75) is 20.8 Å². The van der Waals surface area contributed by atoms with Crippen LogP contribution < -0.4 is 15.6 Å². The van der Waals surface area contributed by atoms with Crippen LogP contribution in [0.5, 0.6) is 5.75 Å². The van der Waals surface area contributed by atoms with E-state index in [2.05, 4.69) is 10.4 Å². The van der Waals surface area contributed by atoms with Crippen LogP contribution in [0.25, 0.3) is 16.5 Å². The maximum absolute atomic E-state index is 13.6. The van der Waals surface area contributed by atoms with Gasteiger partial charge in [0, 0.05) is 28.0 Å². The number of hydrogen-bond donors (Lipinski definition) is 1. The van der Waals surface area contributed by atoms with Gasteiger partial charge < -0.3 is 14.8 Å². The highest BCUT2D eigenvalue weighted by atomic mass is 32.1. The summed E-state index contributed by atoms with van der Waals surface area (Å²) < 4.78 is 11.7. The predicted molar refractivity (Wildman–Crippen MR) is 138 cm³/mol. The minimum absolute atomic E-state index is 0.0633. The molecule has 2 aromatic heterocycles. The Kier molecular flexibility index (Phi) is 7.30. The third-order valence-electron chi connectivity index (χ3n) is 5.49. The maximum atomic E-state index is 13.6. The largest absolute Gasteiger partial charge is 0.494 e. The van der Waals surface area contributed by atoms with Crippen molar-refractivity contribution in [1.82, 2.24) is 9.78 Å². The molecule has 0 aliphatic carbocycles. The zero-order valence-corrected chi connectivity index (χ0v) is 21.0. The first-order valence-corrected chi connectivity index (χ1v) is 12.1. The van der Waals surface area contributed by atoms with E-state index in [4.69, 9.17) is 9.47 Å². The molecule has 0 saturated carbocycles. The van der Waals surface area contributed by atoms with Crippen LogP contribution >= 0.6 is 11.3 Å². The van der Waals surface area contributed by atoms with E-state index in [0.29, 0.717) is 18.0 Å². The van der Waals surface area contributed by atoms with Crippen LogP contribution in [0.1, 0.15) is 40.3 Å². The van der Waals surface area contributed by atoms with Gasteiger partial charge in [0.25, 0.3) is 17.2 Å². The van der Waals surface area contributed by atoms with Crippen molar-refractivity contribution in [3.8, 4) is 11.4 Å². The number of ether oxygens (including phenoxy) is 2. The Labute approximate surface area is 214 Å². The number of rotatable bonds is 8. The second-order valence-electron chi connectivity index (χ2n) is 7.73. The van der Waals surface area contributed by atoms with Crippen molar-refractivity contribution in [2.75, 3.05) is 18.5 Å². The van der Waals surface area contributed by atoms with Gasteiger partial charge in [0.05, 0.1) is 29.2 Å². The SMILES string of the molecule is CCOC(=O)c1nn(-c2ccc(OCC)cc2)c(=O)c2c(NC(=O)c3cccc([N+](=O)[O-])c3C)scc12. The first-order valence-electron chi connectivity index (χ1n) is 11.3. The lowest BCUT2D eigenvalue weighted by atomic mass is 10.1. The van der Waals surface area contributed by atoms with Gasteiger partial charge in [-0.05, 0) is 51.1 Å². The monoisotopic (exact) mass is 522 g/mol. The Bertz CT molecular complexity index is 1570. The van der Waals surface area contributed by atoms with Gasteiger partial charge in [0.2, 0.25) is 0 Å². The van der Waals surface area contributed by atoms with Gasteiger partial charge in [-0.2, -0.15) is 9.78 Å². The van der Waals surface area contributed by atoms with Crippen molar-refractivity contribution >= 4 is 44.7 Å². The molecule has 0 aliphatic heterocycles. The van der Waals surface area contributed by atoms with E-state index in [0.717, 1.165) is 16.0 Å². The molecule has 1 N–H and O–H groups in total. The number of carbonyl (C=O) groups is 2. The molecular formula is C25H22N4O7S. The quantitative estimate of drug-likeness (QED) is 0.203. The molecule has 190 valence electrons. The fourth-order valence-electron chi connectivity index (χ4n) is 3.75. The highest BCUT2D eigenvalue weighted by Crippen LogP contribution is 2.32. The number of esters is 1. The second kappa shape index (κ2) is 10.6. The minimum atomic E-state index is -0.725. The first kappa shape index (κ1) is 25.5. The van der Waals surface area contributed by atoms with Crippen LogP contribution in [0.3, 0.4) is 0 Å². The fraction of sp³-hybridized carbons (Fsp3) is 0.200. The summed E-state index contributed by atoms with van der Waals surface area (Å²) in [5, 5.41) is 20.2. The van der Waals surface area contributed by atoms with Gasteiger partial charge in [0.1, 0.15) is 10.8 Å². The Morgan fingerprint density at radius 3 is 2.51 bits per heavy atom. The normalized spacial score (nSPS) is 10.8. The Hall–Kier alpha value is -4.58. The number of nitrogens with zero attached hydrogens (tertiary/aromatic N) is 3. The summed E-state index contributed by atoms with van der Waals surface area (Å²) in [7, 11) is 0. The number of carbonyl (C=O) groups excluding carboxylic acids is 2. The number of amides is 1. The number of fused-ring (bicyclic) bond motifs is 1. The van der Waals surface area contributed by atoms with E-state index in [-0.39, 0.29) is 44.9 Å². The lowest BCUT2D eigenvalue weighted by Crippen LogP contribution is -2.25. The number of nitro benzene ring substituents is 1. The zero-order valence-electron chi connectivity index (χ0n) is 20.1. The molecule has 0 atom stereocenters. The molecule has 0 fully saturated rings. The minimum Gasteiger partial charge on any atom is -0.494 e. The third kappa shape index (κ3) is 4.91. The van der Waals surface area contributed by atoms with Crippen LogP contribution in [-0.2, 0) is 4.74 Å². The van der Waals surface area contributed by atoms with Crippen LogP contribution in [0.2, 0.25) is 0 Å². The van der Waals surface area contributed by atoms with Crippen molar-refractivity contribution < 1.29 is 24.0 Å². The van der Waals surface area contributed by atoms with Crippen LogP contribution in [-0.4, -0.2) is 39.8 Å². The van der Waals surface area contributed by atoms with E-state index in [9.17, 15) is 24.5 Å². The molecule has 4 aromatic rings. The molecule has 0 radical (unpaired) electrons. The predicted octanol–water partition coefficient (Wildman–Crippen LogP) is 4.49. The average molecular weight is 523 g/mol. The molecule has 12 heteroatoms. The number of nitrogens with one attached hydrogen (secondary N) is 1. The number of anilines is 1. The highest BCUT2D eigenvalue weighted by Gasteiger charge is 2.24. The van der Waals surface area contributed by atoms with Crippen molar-refractivity contribution in [3.63, 3.8) is 0 Å². The average Bonchev–Trinajstić information content (AvgIpc) is 3.29. The number of benzene rings is 2. The first-order chi connectivity index (χ1) is 17.8. The van der Waals surface area contributed by atoms with Gasteiger partial charge in [-0.1, -0.05) is 6.07 Å². The molecule has 1 amide bonds. The van der Waals surface area contributed by atoms with Gasteiger partial charge in [0.15, 0.2) is 5.69 Å². The van der Waals surface area contributed by atoms with E-state index < -0.39 is 22.4 Å². The van der Waals surface area contributed by atoms with E-state index in [1.165, 1.54) is 30.5 Å². The van der Waals surface area contributed by atoms with Gasteiger partial charge in [-0.3, -0.25) is 19.7 Å². The molecule has 0 spiro atoms. The molecular weight excluding hydrogens is 500 g/mol. The van der Waals surface area contributed by atoms with E-state index >= 15 is 0 Å². The molecule has 0 aliphatic rings. The lowest BCUT2D eigenvalue weighted by Gasteiger charge is -2.11. The molecule has 0 bridgehead atoms. The second-order valence-corrected chi connectivity index (χ2v) is 8.61.